The van der Waals surface area contributed by atoms with Crippen molar-refractivity contribution in [1.29, 1.82) is 5.26 Å². The molecule has 1 fully saturated rings. The van der Waals surface area contributed by atoms with Crippen LogP contribution in [-0.4, -0.2) is 29.9 Å². The molecule has 0 aromatic heterocycles. The fourth-order valence-corrected chi connectivity index (χ4v) is 3.29. The number of hydrogen-bond donors (Lipinski definition) is 1. The fourth-order valence-electron chi connectivity index (χ4n) is 3.29. The SMILES string of the molecule is CCN(C(=O)c1cccc(C#N)c1)C1CCCCC1CN. The van der Waals surface area contributed by atoms with Gasteiger partial charge in [-0.1, -0.05) is 18.9 Å². The van der Waals surface area contributed by atoms with Crippen molar-refractivity contribution in [3.05, 3.63) is 35.4 Å². The molecule has 2 N–H and O–H groups in total. The molecule has 0 radical (unpaired) electrons. The molecule has 0 heterocycles. The first-order valence-electron chi connectivity index (χ1n) is 7.72. The molecule has 2 rings (SSSR count). The lowest BCUT2D eigenvalue weighted by Crippen LogP contribution is -2.48. The van der Waals surface area contributed by atoms with Gasteiger partial charge in [0, 0.05) is 18.2 Å². The van der Waals surface area contributed by atoms with Crippen molar-refractivity contribution in [1.82, 2.24) is 4.90 Å². The predicted octanol–water partition coefficient (Wildman–Crippen LogP) is 2.54. The van der Waals surface area contributed by atoms with E-state index in [1.807, 2.05) is 11.8 Å². The van der Waals surface area contributed by atoms with Crippen molar-refractivity contribution in [3.8, 4) is 6.07 Å². The maximum absolute atomic E-state index is 12.8. The van der Waals surface area contributed by atoms with Crippen LogP contribution in [0.1, 0.15) is 48.5 Å². The summed E-state index contributed by atoms with van der Waals surface area (Å²) in [7, 11) is 0. The molecule has 1 amide bonds. The zero-order valence-corrected chi connectivity index (χ0v) is 12.6. The zero-order chi connectivity index (χ0) is 15.2. The van der Waals surface area contributed by atoms with Crippen LogP contribution in [0, 0.1) is 17.2 Å². The number of amides is 1. The van der Waals surface area contributed by atoms with Crippen LogP contribution in [0.25, 0.3) is 0 Å². The van der Waals surface area contributed by atoms with E-state index in [0.717, 1.165) is 19.3 Å². The molecule has 0 saturated heterocycles. The van der Waals surface area contributed by atoms with Crippen molar-refractivity contribution < 1.29 is 4.79 Å². The highest BCUT2D eigenvalue weighted by Crippen LogP contribution is 2.28. The molecule has 2 unspecified atom stereocenters. The molecule has 1 aliphatic carbocycles. The normalized spacial score (nSPS) is 21.6. The monoisotopic (exact) mass is 285 g/mol. The van der Waals surface area contributed by atoms with Crippen LogP contribution in [0.3, 0.4) is 0 Å². The maximum Gasteiger partial charge on any atom is 0.254 e. The molecule has 0 aliphatic heterocycles. The van der Waals surface area contributed by atoms with E-state index < -0.39 is 0 Å². The van der Waals surface area contributed by atoms with Crippen LogP contribution in [-0.2, 0) is 0 Å². The first kappa shape index (κ1) is 15.5. The summed E-state index contributed by atoms with van der Waals surface area (Å²) in [6.07, 6.45) is 4.49. The summed E-state index contributed by atoms with van der Waals surface area (Å²) >= 11 is 0. The highest BCUT2D eigenvalue weighted by atomic mass is 16.2. The summed E-state index contributed by atoms with van der Waals surface area (Å²) in [6, 6.07) is 9.26. The van der Waals surface area contributed by atoms with Crippen LogP contribution in [0.5, 0.6) is 0 Å². The van der Waals surface area contributed by atoms with Crippen molar-refractivity contribution in [2.45, 2.75) is 38.6 Å². The number of nitrogens with zero attached hydrogens (tertiary/aromatic N) is 2. The molecule has 1 aliphatic rings. The average molecular weight is 285 g/mol. The Morgan fingerprint density at radius 2 is 2.19 bits per heavy atom. The molecule has 2 atom stereocenters. The van der Waals surface area contributed by atoms with E-state index in [4.69, 9.17) is 11.0 Å². The van der Waals surface area contributed by atoms with E-state index in [1.54, 1.807) is 24.3 Å². The molecule has 0 bridgehead atoms. The summed E-state index contributed by atoms with van der Waals surface area (Å²) in [4.78, 5) is 14.7. The Morgan fingerprint density at radius 1 is 1.43 bits per heavy atom. The number of rotatable bonds is 4. The molecule has 4 nitrogen and oxygen atoms in total. The summed E-state index contributed by atoms with van der Waals surface area (Å²) in [5.74, 6) is 0.404. The smallest absolute Gasteiger partial charge is 0.254 e. The van der Waals surface area contributed by atoms with Gasteiger partial charge in [-0.25, -0.2) is 0 Å². The number of carbonyl (C=O) groups is 1. The zero-order valence-electron chi connectivity index (χ0n) is 12.6. The first-order valence-corrected chi connectivity index (χ1v) is 7.72. The van der Waals surface area contributed by atoms with Crippen LogP contribution < -0.4 is 5.73 Å². The summed E-state index contributed by atoms with van der Waals surface area (Å²) in [5, 5.41) is 8.98. The van der Waals surface area contributed by atoms with Gasteiger partial charge in [0.25, 0.3) is 5.91 Å². The highest BCUT2D eigenvalue weighted by molar-refractivity contribution is 5.94. The van der Waals surface area contributed by atoms with Gasteiger partial charge in [0.15, 0.2) is 0 Å². The number of nitrogens with two attached hydrogens (primary N) is 1. The lowest BCUT2D eigenvalue weighted by molar-refractivity contribution is 0.0560. The molecule has 1 saturated carbocycles. The molecule has 4 heteroatoms. The minimum Gasteiger partial charge on any atom is -0.336 e. The topological polar surface area (TPSA) is 70.1 Å². The minimum atomic E-state index is 0.0138. The van der Waals surface area contributed by atoms with Crippen LogP contribution in [0.2, 0.25) is 0 Å². The van der Waals surface area contributed by atoms with Crippen molar-refractivity contribution >= 4 is 5.91 Å². The Morgan fingerprint density at radius 3 is 2.86 bits per heavy atom. The third-order valence-electron chi connectivity index (χ3n) is 4.41. The van der Waals surface area contributed by atoms with Gasteiger partial charge in [-0.3, -0.25) is 4.79 Å². The average Bonchev–Trinajstić information content (AvgIpc) is 2.56. The standard InChI is InChI=1S/C17H23N3O/c1-2-20(16-9-4-3-7-15(16)12-19)17(21)14-8-5-6-13(10-14)11-18/h5-6,8,10,15-16H,2-4,7,9,12,19H2,1H3. The van der Waals surface area contributed by atoms with Gasteiger partial charge in [0.1, 0.15) is 0 Å². The van der Waals surface area contributed by atoms with E-state index in [2.05, 4.69) is 6.07 Å². The summed E-state index contributed by atoms with van der Waals surface area (Å²) in [6.45, 7) is 3.32. The predicted molar refractivity (Wildman–Crippen MR) is 82.7 cm³/mol. The Kier molecular flexibility index (Phi) is 5.35. The Balaban J connectivity index is 2.23. The third-order valence-corrected chi connectivity index (χ3v) is 4.41. The van der Waals surface area contributed by atoms with E-state index in [0.29, 0.717) is 30.1 Å². The van der Waals surface area contributed by atoms with Gasteiger partial charge in [0.05, 0.1) is 11.6 Å². The van der Waals surface area contributed by atoms with Gasteiger partial charge in [-0.2, -0.15) is 5.26 Å². The van der Waals surface area contributed by atoms with Gasteiger partial charge in [-0.15, -0.1) is 0 Å². The highest BCUT2D eigenvalue weighted by Gasteiger charge is 2.31. The first-order chi connectivity index (χ1) is 10.2. The molecule has 1 aromatic rings. The molecule has 0 spiro atoms. The molecular weight excluding hydrogens is 262 g/mol. The van der Waals surface area contributed by atoms with Crippen molar-refractivity contribution in [2.24, 2.45) is 11.7 Å². The molecular formula is C17H23N3O. The number of carbonyl (C=O) groups excluding carboxylic acids is 1. The quantitative estimate of drug-likeness (QED) is 0.924. The Hall–Kier alpha value is -1.86. The lowest BCUT2D eigenvalue weighted by Gasteiger charge is -2.39. The lowest BCUT2D eigenvalue weighted by atomic mass is 9.83. The van der Waals surface area contributed by atoms with E-state index in [-0.39, 0.29) is 11.9 Å². The second kappa shape index (κ2) is 7.24. The van der Waals surface area contributed by atoms with Gasteiger partial charge < -0.3 is 10.6 Å². The fraction of sp³-hybridized carbons (Fsp3) is 0.529. The summed E-state index contributed by atoms with van der Waals surface area (Å²) in [5.41, 5.74) is 7.01. The number of benzene rings is 1. The van der Waals surface area contributed by atoms with Crippen LogP contribution >= 0.6 is 0 Å². The van der Waals surface area contributed by atoms with E-state index >= 15 is 0 Å². The van der Waals surface area contributed by atoms with Gasteiger partial charge >= 0.3 is 0 Å². The number of hydrogen-bond acceptors (Lipinski definition) is 3. The Labute approximate surface area is 126 Å². The van der Waals surface area contributed by atoms with E-state index in [1.165, 1.54) is 6.42 Å². The Bertz CT molecular complexity index is 535. The van der Waals surface area contributed by atoms with Crippen LogP contribution in [0.4, 0.5) is 0 Å². The van der Waals surface area contributed by atoms with Crippen molar-refractivity contribution in [2.75, 3.05) is 13.1 Å². The van der Waals surface area contributed by atoms with Gasteiger partial charge in [-0.05, 0) is 50.4 Å². The third kappa shape index (κ3) is 3.43. The largest absolute Gasteiger partial charge is 0.336 e. The van der Waals surface area contributed by atoms with E-state index in [9.17, 15) is 4.79 Å². The van der Waals surface area contributed by atoms with Gasteiger partial charge in [0.2, 0.25) is 0 Å². The maximum atomic E-state index is 12.8. The minimum absolute atomic E-state index is 0.0138. The second-order valence-corrected chi connectivity index (χ2v) is 5.63. The molecule has 21 heavy (non-hydrogen) atoms. The van der Waals surface area contributed by atoms with Crippen LogP contribution in [0.15, 0.2) is 24.3 Å². The molecule has 112 valence electrons. The summed E-state index contributed by atoms with van der Waals surface area (Å²) < 4.78 is 0. The second-order valence-electron chi connectivity index (χ2n) is 5.63. The number of nitriles is 1. The molecule has 1 aromatic carbocycles. The van der Waals surface area contributed by atoms with Crippen molar-refractivity contribution in [3.63, 3.8) is 0 Å².